The first-order valence-corrected chi connectivity index (χ1v) is 5.30. The Kier molecular flexibility index (Phi) is 5.24. The van der Waals surface area contributed by atoms with Gasteiger partial charge in [0, 0.05) is 0 Å². The fourth-order valence-electron chi connectivity index (χ4n) is 1.26. The maximum Gasteiger partial charge on any atom is 0.313 e. The van der Waals surface area contributed by atoms with Crippen LogP contribution < -0.4 is 5.73 Å². The molecule has 2 atom stereocenters. The summed E-state index contributed by atoms with van der Waals surface area (Å²) in [5.41, 5.74) is 4.82. The molecule has 0 aliphatic carbocycles. The van der Waals surface area contributed by atoms with Crippen LogP contribution in [0.5, 0.6) is 0 Å². The summed E-state index contributed by atoms with van der Waals surface area (Å²) < 4.78 is 5.18. The Bertz CT molecular complexity index is 206. The molecule has 2 unspecified atom stereocenters. The van der Waals surface area contributed by atoms with Crippen molar-refractivity contribution in [2.24, 2.45) is 17.6 Å². The molecule has 0 saturated heterocycles. The molecule has 0 rings (SSSR count). The van der Waals surface area contributed by atoms with E-state index in [9.17, 15) is 9.90 Å². The molecule has 0 radical (unpaired) electrons. The Morgan fingerprint density at radius 2 is 1.87 bits per heavy atom. The minimum absolute atomic E-state index is 0.292. The Labute approximate surface area is 91.8 Å². The lowest BCUT2D eigenvalue weighted by molar-refractivity contribution is -0.164. The van der Waals surface area contributed by atoms with Crippen LogP contribution >= 0.6 is 0 Å². The molecule has 4 heteroatoms. The predicted molar refractivity (Wildman–Crippen MR) is 59.0 cm³/mol. The van der Waals surface area contributed by atoms with Gasteiger partial charge in [0.1, 0.15) is 11.8 Å². The summed E-state index contributed by atoms with van der Waals surface area (Å²) in [5, 5.41) is 9.31. The van der Waals surface area contributed by atoms with Crippen LogP contribution in [0.2, 0.25) is 0 Å². The molecular formula is C11H23NO3. The molecule has 0 bridgehead atoms. The van der Waals surface area contributed by atoms with Crippen molar-refractivity contribution in [3.63, 3.8) is 0 Å². The highest BCUT2D eigenvalue weighted by molar-refractivity contribution is 5.73. The van der Waals surface area contributed by atoms with Crippen LogP contribution in [0.4, 0.5) is 0 Å². The summed E-state index contributed by atoms with van der Waals surface area (Å²) in [6.07, 6.45) is -0.616. The van der Waals surface area contributed by atoms with Crippen LogP contribution in [0.25, 0.3) is 0 Å². The zero-order valence-electron chi connectivity index (χ0n) is 10.3. The van der Waals surface area contributed by atoms with Gasteiger partial charge in [-0.25, -0.2) is 0 Å². The number of ether oxygens (including phenoxy) is 1. The molecule has 0 aromatic carbocycles. The van der Waals surface area contributed by atoms with E-state index in [-0.39, 0.29) is 0 Å². The summed E-state index contributed by atoms with van der Waals surface area (Å²) in [6, 6.07) is 0. The van der Waals surface area contributed by atoms with Gasteiger partial charge in [0.15, 0.2) is 0 Å². The third kappa shape index (κ3) is 6.47. The van der Waals surface area contributed by atoms with Gasteiger partial charge in [0.25, 0.3) is 0 Å². The lowest BCUT2D eigenvalue weighted by Gasteiger charge is -2.26. The molecule has 0 fully saturated rings. The van der Waals surface area contributed by atoms with Crippen molar-refractivity contribution < 1.29 is 14.6 Å². The lowest BCUT2D eigenvalue weighted by atomic mass is 9.95. The molecular weight excluding hydrogens is 194 g/mol. The molecule has 0 saturated carbocycles. The molecule has 15 heavy (non-hydrogen) atoms. The number of aliphatic hydroxyl groups excluding tert-OH is 1. The molecule has 0 aromatic heterocycles. The number of nitrogens with two attached hydrogens (primary N) is 1. The van der Waals surface area contributed by atoms with Gasteiger partial charge in [0.05, 0.1) is 5.92 Å². The number of carbonyl (C=O) groups excluding carboxylic acids is 1. The first-order chi connectivity index (χ1) is 6.63. The standard InChI is InChI=1S/C11H23NO3/c1-7(2)6-8(9(12)13)10(14)15-11(3,4)5/h7-9,13H,6,12H2,1-5H3. The molecule has 3 N–H and O–H groups in total. The van der Waals surface area contributed by atoms with Gasteiger partial charge in [0.2, 0.25) is 0 Å². The van der Waals surface area contributed by atoms with E-state index in [4.69, 9.17) is 10.5 Å². The number of hydrogen-bond acceptors (Lipinski definition) is 4. The largest absolute Gasteiger partial charge is 0.460 e. The Hall–Kier alpha value is -0.610. The van der Waals surface area contributed by atoms with Crippen molar-refractivity contribution in [3.8, 4) is 0 Å². The molecule has 0 heterocycles. The van der Waals surface area contributed by atoms with E-state index in [1.54, 1.807) is 20.8 Å². The second kappa shape index (κ2) is 5.47. The Morgan fingerprint density at radius 1 is 1.40 bits per heavy atom. The number of carbonyl (C=O) groups is 1. The van der Waals surface area contributed by atoms with Crippen LogP contribution in [0.15, 0.2) is 0 Å². The maximum absolute atomic E-state index is 11.7. The van der Waals surface area contributed by atoms with Gasteiger partial charge in [-0.15, -0.1) is 0 Å². The van der Waals surface area contributed by atoms with E-state index in [0.717, 1.165) is 0 Å². The summed E-state index contributed by atoms with van der Waals surface area (Å²) in [6.45, 7) is 9.32. The highest BCUT2D eigenvalue weighted by Crippen LogP contribution is 2.18. The first kappa shape index (κ1) is 14.4. The topological polar surface area (TPSA) is 72.5 Å². The summed E-state index contributed by atoms with van der Waals surface area (Å²) in [4.78, 5) is 11.7. The van der Waals surface area contributed by atoms with Crippen LogP contribution in [-0.2, 0) is 9.53 Å². The summed E-state index contributed by atoms with van der Waals surface area (Å²) in [5.74, 6) is -0.767. The normalized spacial score (nSPS) is 16.3. The quantitative estimate of drug-likeness (QED) is 0.549. The smallest absolute Gasteiger partial charge is 0.313 e. The van der Waals surface area contributed by atoms with E-state index < -0.39 is 23.7 Å². The van der Waals surface area contributed by atoms with Crippen molar-refractivity contribution in [1.29, 1.82) is 0 Å². The van der Waals surface area contributed by atoms with Crippen LogP contribution in [0, 0.1) is 11.8 Å². The lowest BCUT2D eigenvalue weighted by Crippen LogP contribution is -2.40. The van der Waals surface area contributed by atoms with Gasteiger partial charge in [-0.1, -0.05) is 13.8 Å². The number of aliphatic hydroxyl groups is 1. The van der Waals surface area contributed by atoms with Crippen molar-refractivity contribution in [2.75, 3.05) is 0 Å². The van der Waals surface area contributed by atoms with Crippen molar-refractivity contribution in [2.45, 2.75) is 52.9 Å². The monoisotopic (exact) mass is 217 g/mol. The summed E-state index contributed by atoms with van der Waals surface area (Å²) in [7, 11) is 0. The van der Waals surface area contributed by atoms with Crippen molar-refractivity contribution in [3.05, 3.63) is 0 Å². The van der Waals surface area contributed by atoms with Crippen LogP contribution in [0.3, 0.4) is 0 Å². The third-order valence-corrected chi connectivity index (χ3v) is 1.85. The minimum Gasteiger partial charge on any atom is -0.460 e. The fraction of sp³-hybridized carbons (Fsp3) is 0.909. The zero-order valence-corrected chi connectivity index (χ0v) is 10.3. The molecule has 0 aromatic rings. The van der Waals surface area contributed by atoms with Crippen LogP contribution in [0.1, 0.15) is 41.0 Å². The van der Waals surface area contributed by atoms with E-state index >= 15 is 0 Å². The van der Waals surface area contributed by atoms with E-state index in [1.807, 2.05) is 13.8 Å². The van der Waals surface area contributed by atoms with E-state index in [0.29, 0.717) is 12.3 Å². The second-order valence-corrected chi connectivity index (χ2v) is 5.26. The second-order valence-electron chi connectivity index (χ2n) is 5.26. The number of rotatable bonds is 4. The average Bonchev–Trinajstić information content (AvgIpc) is 1.95. The van der Waals surface area contributed by atoms with E-state index in [2.05, 4.69) is 0 Å². The Balaban J connectivity index is 4.43. The summed E-state index contributed by atoms with van der Waals surface area (Å²) >= 11 is 0. The minimum atomic E-state index is -1.15. The molecule has 90 valence electrons. The molecule has 4 nitrogen and oxygen atoms in total. The van der Waals surface area contributed by atoms with Gasteiger partial charge < -0.3 is 15.6 Å². The van der Waals surface area contributed by atoms with Crippen molar-refractivity contribution in [1.82, 2.24) is 0 Å². The number of esters is 1. The fourth-order valence-corrected chi connectivity index (χ4v) is 1.26. The predicted octanol–water partition coefficient (Wildman–Crippen LogP) is 1.27. The zero-order chi connectivity index (χ0) is 12.2. The SMILES string of the molecule is CC(C)CC(C(=O)OC(C)(C)C)C(N)O. The first-order valence-electron chi connectivity index (χ1n) is 5.30. The maximum atomic E-state index is 11.7. The van der Waals surface area contributed by atoms with Gasteiger partial charge in [-0.3, -0.25) is 4.79 Å². The van der Waals surface area contributed by atoms with Crippen molar-refractivity contribution >= 4 is 5.97 Å². The van der Waals surface area contributed by atoms with Gasteiger partial charge in [-0.05, 0) is 33.1 Å². The molecule has 0 aliphatic rings. The average molecular weight is 217 g/mol. The molecule has 0 spiro atoms. The van der Waals surface area contributed by atoms with E-state index in [1.165, 1.54) is 0 Å². The highest BCUT2D eigenvalue weighted by atomic mass is 16.6. The van der Waals surface area contributed by atoms with Gasteiger partial charge >= 0.3 is 5.97 Å². The van der Waals surface area contributed by atoms with Gasteiger partial charge in [-0.2, -0.15) is 0 Å². The van der Waals surface area contributed by atoms with Crippen LogP contribution in [-0.4, -0.2) is 22.9 Å². The third-order valence-electron chi connectivity index (χ3n) is 1.85. The molecule has 0 amide bonds. The highest BCUT2D eigenvalue weighted by Gasteiger charge is 2.29. The Morgan fingerprint density at radius 3 is 2.13 bits per heavy atom. The molecule has 0 aliphatic heterocycles. The number of hydrogen-bond donors (Lipinski definition) is 2.